The van der Waals surface area contributed by atoms with Gasteiger partial charge in [-0.15, -0.1) is 0 Å². The number of hydrogen-bond donors (Lipinski definition) is 1. The minimum atomic E-state index is 0.111. The SMILES string of the molecule is CN(CCC1CCOCC1)C(C)(C)CCO. The standard InChI is InChI=1S/C13H27NO2/c1-13(2,7-9-15)14(3)8-4-12-5-10-16-11-6-12/h12,15H,4-11H2,1-3H3. The van der Waals surface area contributed by atoms with E-state index in [1.165, 1.54) is 19.3 Å². The van der Waals surface area contributed by atoms with Crippen molar-refractivity contribution in [2.45, 2.75) is 45.1 Å². The molecule has 0 amide bonds. The molecule has 0 saturated carbocycles. The summed E-state index contributed by atoms with van der Waals surface area (Å²) in [6.07, 6.45) is 4.54. The van der Waals surface area contributed by atoms with Crippen molar-refractivity contribution in [3.63, 3.8) is 0 Å². The minimum absolute atomic E-state index is 0.111. The maximum absolute atomic E-state index is 9.02. The van der Waals surface area contributed by atoms with Crippen molar-refractivity contribution in [3.05, 3.63) is 0 Å². The second-order valence-electron chi connectivity index (χ2n) is 5.55. The Morgan fingerprint density at radius 3 is 2.50 bits per heavy atom. The van der Waals surface area contributed by atoms with Crippen LogP contribution in [0.25, 0.3) is 0 Å². The molecule has 1 fully saturated rings. The number of hydrogen-bond acceptors (Lipinski definition) is 3. The summed E-state index contributed by atoms with van der Waals surface area (Å²) in [6.45, 7) is 7.68. The van der Waals surface area contributed by atoms with Gasteiger partial charge in [-0.1, -0.05) is 0 Å². The molecule has 1 heterocycles. The molecule has 0 aromatic heterocycles. The van der Waals surface area contributed by atoms with Gasteiger partial charge in [0, 0.05) is 25.4 Å². The van der Waals surface area contributed by atoms with Gasteiger partial charge in [0.15, 0.2) is 0 Å². The van der Waals surface area contributed by atoms with Gasteiger partial charge in [-0.2, -0.15) is 0 Å². The number of rotatable bonds is 6. The lowest BCUT2D eigenvalue weighted by Crippen LogP contribution is -2.42. The molecule has 0 aromatic carbocycles. The van der Waals surface area contributed by atoms with E-state index in [-0.39, 0.29) is 12.1 Å². The predicted molar refractivity (Wildman–Crippen MR) is 66.6 cm³/mol. The van der Waals surface area contributed by atoms with E-state index in [1.54, 1.807) is 0 Å². The van der Waals surface area contributed by atoms with E-state index in [1.807, 2.05) is 0 Å². The summed E-state index contributed by atoms with van der Waals surface area (Å²) in [5, 5.41) is 9.02. The van der Waals surface area contributed by atoms with Gasteiger partial charge < -0.3 is 14.7 Å². The molecule has 16 heavy (non-hydrogen) atoms. The van der Waals surface area contributed by atoms with Crippen LogP contribution in [0.3, 0.4) is 0 Å². The predicted octanol–water partition coefficient (Wildman–Crippen LogP) is 1.90. The highest BCUT2D eigenvalue weighted by atomic mass is 16.5. The van der Waals surface area contributed by atoms with E-state index in [2.05, 4.69) is 25.8 Å². The third kappa shape index (κ3) is 4.40. The van der Waals surface area contributed by atoms with E-state index in [0.717, 1.165) is 32.1 Å². The average Bonchev–Trinajstić information content (AvgIpc) is 2.27. The van der Waals surface area contributed by atoms with Crippen molar-refractivity contribution in [2.24, 2.45) is 5.92 Å². The molecule has 0 radical (unpaired) electrons. The smallest absolute Gasteiger partial charge is 0.0468 e. The molecule has 0 spiro atoms. The summed E-state index contributed by atoms with van der Waals surface area (Å²) >= 11 is 0. The van der Waals surface area contributed by atoms with Gasteiger partial charge in [0.2, 0.25) is 0 Å². The average molecular weight is 229 g/mol. The lowest BCUT2D eigenvalue weighted by molar-refractivity contribution is 0.0529. The van der Waals surface area contributed by atoms with Crippen LogP contribution in [0.4, 0.5) is 0 Å². The first-order valence-electron chi connectivity index (χ1n) is 6.46. The number of ether oxygens (including phenoxy) is 1. The summed E-state index contributed by atoms with van der Waals surface area (Å²) in [6, 6.07) is 0. The van der Waals surface area contributed by atoms with E-state index < -0.39 is 0 Å². The van der Waals surface area contributed by atoms with Crippen LogP contribution in [0.15, 0.2) is 0 Å². The van der Waals surface area contributed by atoms with Crippen molar-refractivity contribution >= 4 is 0 Å². The zero-order valence-corrected chi connectivity index (χ0v) is 11.0. The molecule has 1 N–H and O–H groups in total. The minimum Gasteiger partial charge on any atom is -0.396 e. The van der Waals surface area contributed by atoms with Crippen LogP contribution >= 0.6 is 0 Å². The molecule has 0 unspecified atom stereocenters. The largest absolute Gasteiger partial charge is 0.396 e. The van der Waals surface area contributed by atoms with E-state index in [4.69, 9.17) is 9.84 Å². The highest BCUT2D eigenvalue weighted by Crippen LogP contribution is 2.22. The van der Waals surface area contributed by atoms with Crippen LogP contribution in [0.2, 0.25) is 0 Å². The first kappa shape index (κ1) is 13.9. The van der Waals surface area contributed by atoms with Gasteiger partial charge in [0.1, 0.15) is 0 Å². The Balaban J connectivity index is 2.25. The fourth-order valence-electron chi connectivity index (χ4n) is 2.18. The Labute approximate surface area is 99.8 Å². The summed E-state index contributed by atoms with van der Waals surface area (Å²) in [4.78, 5) is 2.37. The summed E-state index contributed by atoms with van der Waals surface area (Å²) < 4.78 is 5.37. The van der Waals surface area contributed by atoms with Crippen LogP contribution in [0, 0.1) is 5.92 Å². The topological polar surface area (TPSA) is 32.7 Å². The fraction of sp³-hybridized carbons (Fsp3) is 1.00. The molecule has 0 atom stereocenters. The summed E-state index contributed by atoms with van der Waals surface area (Å²) in [5.41, 5.74) is 0.111. The van der Waals surface area contributed by atoms with E-state index >= 15 is 0 Å². The molecule has 3 nitrogen and oxygen atoms in total. The lowest BCUT2D eigenvalue weighted by Gasteiger charge is -2.36. The highest BCUT2D eigenvalue weighted by Gasteiger charge is 2.23. The van der Waals surface area contributed by atoms with Gasteiger partial charge >= 0.3 is 0 Å². The molecule has 1 aliphatic rings. The van der Waals surface area contributed by atoms with Gasteiger partial charge in [-0.25, -0.2) is 0 Å². The zero-order valence-electron chi connectivity index (χ0n) is 11.0. The van der Waals surface area contributed by atoms with E-state index in [9.17, 15) is 0 Å². The Morgan fingerprint density at radius 2 is 1.94 bits per heavy atom. The Morgan fingerprint density at radius 1 is 1.31 bits per heavy atom. The Kier molecular flexibility index (Phi) is 5.73. The van der Waals surface area contributed by atoms with Gasteiger partial charge in [0.05, 0.1) is 0 Å². The summed E-state index contributed by atoms with van der Waals surface area (Å²) in [5.74, 6) is 0.834. The Hall–Kier alpha value is -0.120. The Bertz CT molecular complexity index is 188. The van der Waals surface area contributed by atoms with Crippen molar-refractivity contribution in [3.8, 4) is 0 Å². The van der Waals surface area contributed by atoms with Gasteiger partial charge in [0.25, 0.3) is 0 Å². The number of aliphatic hydroxyl groups is 1. The van der Waals surface area contributed by atoms with Gasteiger partial charge in [-0.05, 0) is 59.0 Å². The molecule has 0 aromatic rings. The van der Waals surface area contributed by atoms with E-state index in [0.29, 0.717) is 0 Å². The van der Waals surface area contributed by atoms with Crippen LogP contribution in [0.1, 0.15) is 39.5 Å². The highest BCUT2D eigenvalue weighted by molar-refractivity contribution is 4.79. The van der Waals surface area contributed by atoms with Crippen molar-refractivity contribution in [2.75, 3.05) is 33.4 Å². The molecular weight excluding hydrogens is 202 g/mol. The molecule has 3 heteroatoms. The third-order valence-corrected chi connectivity index (χ3v) is 3.97. The van der Waals surface area contributed by atoms with Crippen LogP contribution in [-0.2, 0) is 4.74 Å². The summed E-state index contributed by atoms with van der Waals surface area (Å²) in [7, 11) is 2.16. The maximum atomic E-state index is 9.02. The normalized spacial score (nSPS) is 19.3. The monoisotopic (exact) mass is 229 g/mol. The zero-order chi connectivity index (χ0) is 12.0. The third-order valence-electron chi connectivity index (χ3n) is 3.97. The van der Waals surface area contributed by atoms with Gasteiger partial charge in [-0.3, -0.25) is 0 Å². The molecular formula is C13H27NO2. The molecule has 0 aliphatic carbocycles. The van der Waals surface area contributed by atoms with Crippen LogP contribution < -0.4 is 0 Å². The van der Waals surface area contributed by atoms with Crippen molar-refractivity contribution in [1.29, 1.82) is 0 Å². The van der Waals surface area contributed by atoms with Crippen molar-refractivity contribution < 1.29 is 9.84 Å². The second kappa shape index (κ2) is 6.58. The van der Waals surface area contributed by atoms with Crippen LogP contribution in [0.5, 0.6) is 0 Å². The lowest BCUT2D eigenvalue weighted by atomic mass is 9.94. The molecule has 96 valence electrons. The quantitative estimate of drug-likeness (QED) is 0.755. The maximum Gasteiger partial charge on any atom is 0.0468 e. The number of nitrogens with zero attached hydrogens (tertiary/aromatic N) is 1. The molecule has 1 aliphatic heterocycles. The molecule has 0 bridgehead atoms. The molecule has 1 rings (SSSR count). The molecule has 1 saturated heterocycles. The number of aliphatic hydroxyl groups excluding tert-OH is 1. The first-order valence-corrected chi connectivity index (χ1v) is 6.46. The first-order chi connectivity index (χ1) is 7.56. The second-order valence-corrected chi connectivity index (χ2v) is 5.55. The fourth-order valence-corrected chi connectivity index (χ4v) is 2.18. The van der Waals surface area contributed by atoms with Crippen molar-refractivity contribution in [1.82, 2.24) is 4.90 Å². The van der Waals surface area contributed by atoms with Crippen LogP contribution in [-0.4, -0.2) is 49.0 Å².